The molecule has 68 valence electrons. The maximum Gasteiger partial charge on any atom is 0.0928 e. The molecule has 0 unspecified atom stereocenters. The first-order valence-electron chi connectivity index (χ1n) is 4.24. The molecular weight excluding hydrogens is 190 g/mol. The highest BCUT2D eigenvalue weighted by molar-refractivity contribution is 7.09. The summed E-state index contributed by atoms with van der Waals surface area (Å²) in [5.41, 5.74) is 1.21. The fraction of sp³-hybridized carbons (Fsp3) is 0.667. The molecule has 0 spiro atoms. The average Bonchev–Trinajstić information content (AvgIpc) is 2.48. The lowest BCUT2D eigenvalue weighted by Gasteiger charge is -1.96. The highest BCUT2D eigenvalue weighted by atomic mass is 35.5. The quantitative estimate of drug-likeness (QED) is 0.684. The summed E-state index contributed by atoms with van der Waals surface area (Å²) < 4.78 is 0. The van der Waals surface area contributed by atoms with Crippen molar-refractivity contribution in [3.63, 3.8) is 0 Å². The van der Waals surface area contributed by atoms with Crippen LogP contribution in [0.5, 0.6) is 0 Å². The van der Waals surface area contributed by atoms with E-state index in [9.17, 15) is 0 Å². The first kappa shape index (κ1) is 10.0. The van der Waals surface area contributed by atoms with Gasteiger partial charge in [0.2, 0.25) is 0 Å². The molecule has 0 aromatic carbocycles. The molecule has 1 aromatic rings. The molecule has 0 saturated heterocycles. The van der Waals surface area contributed by atoms with Crippen molar-refractivity contribution in [1.29, 1.82) is 0 Å². The van der Waals surface area contributed by atoms with Crippen molar-refractivity contribution >= 4 is 22.9 Å². The van der Waals surface area contributed by atoms with Gasteiger partial charge in [0.1, 0.15) is 0 Å². The van der Waals surface area contributed by atoms with Crippen LogP contribution in [0, 0.1) is 0 Å². The summed E-state index contributed by atoms with van der Waals surface area (Å²) >= 11 is 7.35. The van der Waals surface area contributed by atoms with Crippen LogP contribution in [0.4, 0.5) is 0 Å². The minimum Gasteiger partial charge on any atom is -0.246 e. The second kappa shape index (κ2) is 4.83. The van der Waals surface area contributed by atoms with E-state index in [1.807, 2.05) is 0 Å². The molecule has 12 heavy (non-hydrogen) atoms. The van der Waals surface area contributed by atoms with E-state index in [1.54, 1.807) is 11.3 Å². The third-order valence-electron chi connectivity index (χ3n) is 1.69. The Balaban J connectivity index is 2.52. The highest BCUT2D eigenvalue weighted by Crippen LogP contribution is 2.18. The number of halogens is 1. The topological polar surface area (TPSA) is 12.9 Å². The zero-order chi connectivity index (χ0) is 8.97. The second-order valence-electron chi connectivity index (χ2n) is 3.11. The third kappa shape index (κ3) is 2.76. The molecule has 0 N–H and O–H groups in total. The zero-order valence-corrected chi connectivity index (χ0v) is 9.08. The number of aryl methyl sites for hydroxylation is 1. The van der Waals surface area contributed by atoms with Crippen LogP contribution in [-0.2, 0) is 6.42 Å². The van der Waals surface area contributed by atoms with Crippen LogP contribution in [0.2, 0.25) is 0 Å². The van der Waals surface area contributed by atoms with Crippen molar-refractivity contribution < 1.29 is 0 Å². The minimum absolute atomic E-state index is 0.547. The number of alkyl halides is 1. The Morgan fingerprint density at radius 3 is 2.83 bits per heavy atom. The Bertz CT molecular complexity index is 232. The SMILES string of the molecule is CC(C)c1csc(CCCCl)n1. The number of rotatable bonds is 4. The van der Waals surface area contributed by atoms with Crippen LogP contribution in [-0.4, -0.2) is 10.9 Å². The fourth-order valence-corrected chi connectivity index (χ4v) is 2.06. The van der Waals surface area contributed by atoms with Crippen LogP contribution < -0.4 is 0 Å². The Kier molecular flexibility index (Phi) is 4.02. The van der Waals surface area contributed by atoms with Gasteiger partial charge in [-0.1, -0.05) is 13.8 Å². The molecule has 0 aliphatic heterocycles. The molecule has 1 rings (SSSR count). The summed E-state index contributed by atoms with van der Waals surface area (Å²) in [6, 6.07) is 0. The first-order chi connectivity index (χ1) is 5.74. The van der Waals surface area contributed by atoms with E-state index in [0.29, 0.717) is 5.92 Å². The molecule has 0 aliphatic carbocycles. The van der Waals surface area contributed by atoms with Gasteiger partial charge in [0.05, 0.1) is 10.7 Å². The maximum absolute atomic E-state index is 5.60. The van der Waals surface area contributed by atoms with Crippen molar-refractivity contribution in [2.75, 3.05) is 5.88 Å². The van der Waals surface area contributed by atoms with Gasteiger partial charge in [0.25, 0.3) is 0 Å². The molecule has 0 saturated carbocycles. The van der Waals surface area contributed by atoms with Crippen LogP contribution >= 0.6 is 22.9 Å². The summed E-state index contributed by atoms with van der Waals surface area (Å²) in [6.07, 6.45) is 2.06. The molecule has 0 amide bonds. The zero-order valence-electron chi connectivity index (χ0n) is 7.51. The van der Waals surface area contributed by atoms with E-state index >= 15 is 0 Å². The number of hydrogen-bond donors (Lipinski definition) is 0. The van der Waals surface area contributed by atoms with Gasteiger partial charge < -0.3 is 0 Å². The van der Waals surface area contributed by atoms with Crippen molar-refractivity contribution in [3.05, 3.63) is 16.1 Å². The van der Waals surface area contributed by atoms with Gasteiger partial charge in [0.15, 0.2) is 0 Å². The normalized spacial score (nSPS) is 11.0. The Labute approximate surface area is 82.8 Å². The van der Waals surface area contributed by atoms with Gasteiger partial charge in [-0.25, -0.2) is 4.98 Å². The molecule has 0 aliphatic rings. The van der Waals surface area contributed by atoms with Crippen LogP contribution in [0.25, 0.3) is 0 Å². The van der Waals surface area contributed by atoms with E-state index in [-0.39, 0.29) is 0 Å². The van der Waals surface area contributed by atoms with Gasteiger partial charge in [-0.2, -0.15) is 0 Å². The average molecular weight is 204 g/mol. The van der Waals surface area contributed by atoms with Crippen LogP contribution in [0.3, 0.4) is 0 Å². The summed E-state index contributed by atoms with van der Waals surface area (Å²) in [5.74, 6) is 1.28. The number of aromatic nitrogens is 1. The maximum atomic E-state index is 5.60. The summed E-state index contributed by atoms with van der Waals surface area (Å²) in [4.78, 5) is 4.51. The van der Waals surface area contributed by atoms with Gasteiger partial charge in [-0.15, -0.1) is 22.9 Å². The smallest absolute Gasteiger partial charge is 0.0928 e. The van der Waals surface area contributed by atoms with Crippen LogP contribution in [0.1, 0.15) is 36.9 Å². The van der Waals surface area contributed by atoms with Gasteiger partial charge in [-0.05, 0) is 12.3 Å². The van der Waals surface area contributed by atoms with Gasteiger partial charge in [-0.3, -0.25) is 0 Å². The second-order valence-corrected chi connectivity index (χ2v) is 4.43. The Hall–Kier alpha value is -0.0800. The predicted octanol–water partition coefficient (Wildman–Crippen LogP) is 3.44. The van der Waals surface area contributed by atoms with E-state index in [4.69, 9.17) is 11.6 Å². The van der Waals surface area contributed by atoms with Gasteiger partial charge >= 0.3 is 0 Å². The number of nitrogens with zero attached hydrogens (tertiary/aromatic N) is 1. The molecule has 1 aromatic heterocycles. The largest absolute Gasteiger partial charge is 0.246 e. The molecular formula is C9H14ClNS. The lowest BCUT2D eigenvalue weighted by atomic mass is 10.2. The Morgan fingerprint density at radius 1 is 1.58 bits per heavy atom. The third-order valence-corrected chi connectivity index (χ3v) is 2.88. The predicted molar refractivity (Wildman–Crippen MR) is 55.2 cm³/mol. The summed E-state index contributed by atoms with van der Waals surface area (Å²) in [7, 11) is 0. The highest BCUT2D eigenvalue weighted by Gasteiger charge is 2.04. The van der Waals surface area contributed by atoms with Gasteiger partial charge in [0, 0.05) is 17.7 Å². The lowest BCUT2D eigenvalue weighted by Crippen LogP contribution is -1.89. The van der Waals surface area contributed by atoms with Crippen molar-refractivity contribution in [1.82, 2.24) is 4.98 Å². The number of hydrogen-bond acceptors (Lipinski definition) is 2. The monoisotopic (exact) mass is 203 g/mol. The first-order valence-corrected chi connectivity index (χ1v) is 5.65. The molecule has 3 heteroatoms. The van der Waals surface area contributed by atoms with Crippen molar-refractivity contribution in [2.24, 2.45) is 0 Å². The molecule has 1 nitrogen and oxygen atoms in total. The summed E-state index contributed by atoms with van der Waals surface area (Å²) in [5, 5.41) is 3.37. The molecule has 1 heterocycles. The minimum atomic E-state index is 0.547. The molecule has 0 bridgehead atoms. The standard InChI is InChI=1S/C9H14ClNS/c1-7(2)8-6-12-9(11-8)4-3-5-10/h6-7H,3-5H2,1-2H3. The van der Waals surface area contributed by atoms with E-state index in [0.717, 1.165) is 18.7 Å². The summed E-state index contributed by atoms with van der Waals surface area (Å²) in [6.45, 7) is 4.33. The Morgan fingerprint density at radius 2 is 2.33 bits per heavy atom. The molecule has 0 atom stereocenters. The lowest BCUT2D eigenvalue weighted by molar-refractivity contribution is 0.813. The van der Waals surface area contributed by atoms with Crippen LogP contribution in [0.15, 0.2) is 5.38 Å². The molecule has 0 fully saturated rings. The number of thiazole rings is 1. The van der Waals surface area contributed by atoms with Crippen molar-refractivity contribution in [3.8, 4) is 0 Å². The molecule has 0 radical (unpaired) electrons. The van der Waals surface area contributed by atoms with Crippen molar-refractivity contribution in [2.45, 2.75) is 32.6 Å². The van der Waals surface area contributed by atoms with E-state index in [1.165, 1.54) is 10.7 Å². The van der Waals surface area contributed by atoms with E-state index in [2.05, 4.69) is 24.2 Å². The fourth-order valence-electron chi connectivity index (χ4n) is 0.923. The van der Waals surface area contributed by atoms with E-state index < -0.39 is 0 Å².